The molecule has 4 nitrogen and oxygen atoms in total. The molecule has 0 spiro atoms. The van der Waals surface area contributed by atoms with E-state index in [-0.39, 0.29) is 12.4 Å². The van der Waals surface area contributed by atoms with Gasteiger partial charge in [0, 0.05) is 10.7 Å². The number of anilines is 1. The fraction of sp³-hybridized carbons (Fsp3) is 0.200. The summed E-state index contributed by atoms with van der Waals surface area (Å²) < 4.78 is 40.6. The van der Waals surface area contributed by atoms with Gasteiger partial charge in [0.25, 0.3) is 0 Å². The average Bonchev–Trinajstić information content (AvgIpc) is 2.77. The third-order valence-electron chi connectivity index (χ3n) is 2.01. The Morgan fingerprint density at radius 1 is 1.22 bits per heavy atom. The lowest BCUT2D eigenvalue weighted by Gasteiger charge is -2.02. The van der Waals surface area contributed by atoms with Crippen LogP contribution in [-0.4, -0.2) is 10.1 Å². The summed E-state index contributed by atoms with van der Waals surface area (Å²) in [6, 6.07) is 6.68. The highest BCUT2D eigenvalue weighted by molar-refractivity contribution is 6.30. The number of aromatic nitrogens is 2. The number of rotatable bonds is 3. The lowest BCUT2D eigenvalue weighted by molar-refractivity contribution is -0.159. The Morgan fingerprint density at radius 3 is 2.44 bits per heavy atom. The summed E-state index contributed by atoms with van der Waals surface area (Å²) in [5, 5.41) is 6.63. The number of alkyl halides is 3. The van der Waals surface area contributed by atoms with Crippen LogP contribution in [0.1, 0.15) is 11.7 Å². The Balaban J connectivity index is 1.98. The molecule has 8 heteroatoms. The minimum absolute atomic E-state index is 0.0290. The molecular formula is C10H7ClF3N3O. The molecule has 0 saturated carbocycles. The molecule has 0 unspecified atom stereocenters. The molecule has 0 bridgehead atoms. The van der Waals surface area contributed by atoms with Crippen molar-refractivity contribution in [2.45, 2.75) is 12.7 Å². The van der Waals surface area contributed by atoms with Crippen LogP contribution in [0.3, 0.4) is 0 Å². The van der Waals surface area contributed by atoms with Crippen molar-refractivity contribution in [1.82, 2.24) is 10.1 Å². The Labute approximate surface area is 105 Å². The van der Waals surface area contributed by atoms with E-state index in [0.29, 0.717) is 10.7 Å². The standard InChI is InChI=1S/C10H7ClF3N3O/c11-6-1-3-7(4-2-6)15-5-8-16-9(18-17-8)10(12,13)14/h1-4,15H,5H2. The summed E-state index contributed by atoms with van der Waals surface area (Å²) in [7, 11) is 0. The summed E-state index contributed by atoms with van der Waals surface area (Å²) in [6.07, 6.45) is -4.62. The van der Waals surface area contributed by atoms with Crippen molar-refractivity contribution < 1.29 is 17.7 Å². The fourth-order valence-corrected chi connectivity index (χ4v) is 1.32. The van der Waals surface area contributed by atoms with Gasteiger partial charge in [-0.25, -0.2) is 0 Å². The highest BCUT2D eigenvalue weighted by Gasteiger charge is 2.38. The maximum absolute atomic E-state index is 12.2. The predicted molar refractivity (Wildman–Crippen MR) is 58.1 cm³/mol. The second-order valence-electron chi connectivity index (χ2n) is 3.37. The Kier molecular flexibility index (Phi) is 3.42. The third kappa shape index (κ3) is 3.13. The fourth-order valence-electron chi connectivity index (χ4n) is 1.19. The van der Waals surface area contributed by atoms with Crippen molar-refractivity contribution in [1.29, 1.82) is 0 Å². The molecule has 1 aromatic heterocycles. The molecule has 0 aliphatic carbocycles. The Bertz CT molecular complexity index is 524. The van der Waals surface area contributed by atoms with E-state index in [4.69, 9.17) is 11.6 Å². The van der Waals surface area contributed by atoms with Gasteiger partial charge in [-0.3, -0.25) is 0 Å². The first kappa shape index (κ1) is 12.7. The van der Waals surface area contributed by atoms with E-state index in [0.717, 1.165) is 0 Å². The van der Waals surface area contributed by atoms with Gasteiger partial charge in [0.1, 0.15) is 0 Å². The third-order valence-corrected chi connectivity index (χ3v) is 2.26. The van der Waals surface area contributed by atoms with Crippen LogP contribution in [0, 0.1) is 0 Å². The van der Waals surface area contributed by atoms with Crippen LogP contribution in [0.5, 0.6) is 0 Å². The van der Waals surface area contributed by atoms with Crippen molar-refractivity contribution in [3.05, 3.63) is 41.0 Å². The van der Waals surface area contributed by atoms with Crippen LogP contribution in [0.4, 0.5) is 18.9 Å². The molecule has 0 amide bonds. The van der Waals surface area contributed by atoms with E-state index in [1.54, 1.807) is 24.3 Å². The van der Waals surface area contributed by atoms with E-state index in [9.17, 15) is 13.2 Å². The lowest BCUT2D eigenvalue weighted by Crippen LogP contribution is -2.06. The molecule has 1 N–H and O–H groups in total. The van der Waals surface area contributed by atoms with Crippen LogP contribution >= 0.6 is 11.6 Å². The number of benzene rings is 1. The quantitative estimate of drug-likeness (QED) is 0.935. The van der Waals surface area contributed by atoms with Gasteiger partial charge >= 0.3 is 12.1 Å². The first-order valence-electron chi connectivity index (χ1n) is 4.84. The molecule has 1 aromatic carbocycles. The SMILES string of the molecule is FC(F)(F)c1nc(CNc2ccc(Cl)cc2)no1. The normalized spacial score (nSPS) is 11.6. The number of hydrogen-bond donors (Lipinski definition) is 1. The molecule has 2 aromatic rings. The minimum atomic E-state index is -4.62. The van der Waals surface area contributed by atoms with E-state index in [1.165, 1.54) is 0 Å². The highest BCUT2D eigenvalue weighted by atomic mass is 35.5. The van der Waals surface area contributed by atoms with Crippen molar-refractivity contribution in [3.63, 3.8) is 0 Å². The molecule has 0 aliphatic heterocycles. The maximum atomic E-state index is 12.2. The van der Waals surface area contributed by atoms with Gasteiger partial charge in [0.2, 0.25) is 0 Å². The highest BCUT2D eigenvalue weighted by Crippen LogP contribution is 2.27. The van der Waals surface area contributed by atoms with Crippen molar-refractivity contribution in [2.24, 2.45) is 0 Å². The van der Waals surface area contributed by atoms with Crippen molar-refractivity contribution >= 4 is 17.3 Å². The Morgan fingerprint density at radius 2 is 1.89 bits per heavy atom. The number of hydrogen-bond acceptors (Lipinski definition) is 4. The molecule has 2 rings (SSSR count). The van der Waals surface area contributed by atoms with E-state index in [2.05, 4.69) is 20.0 Å². The topological polar surface area (TPSA) is 51.0 Å². The van der Waals surface area contributed by atoms with E-state index in [1.807, 2.05) is 0 Å². The Hall–Kier alpha value is -1.76. The second-order valence-corrected chi connectivity index (χ2v) is 3.81. The van der Waals surface area contributed by atoms with Crippen LogP contribution in [-0.2, 0) is 12.7 Å². The second kappa shape index (κ2) is 4.85. The van der Waals surface area contributed by atoms with Crippen LogP contribution in [0.2, 0.25) is 5.02 Å². The molecule has 0 aliphatic rings. The summed E-state index contributed by atoms with van der Waals surface area (Å²) in [5.41, 5.74) is 0.692. The summed E-state index contributed by atoms with van der Waals surface area (Å²) >= 11 is 5.69. The lowest BCUT2D eigenvalue weighted by atomic mass is 10.3. The monoisotopic (exact) mass is 277 g/mol. The number of nitrogens with one attached hydrogen (secondary N) is 1. The van der Waals surface area contributed by atoms with Crippen LogP contribution in [0.15, 0.2) is 28.8 Å². The molecule has 0 atom stereocenters. The summed E-state index contributed by atoms with van der Waals surface area (Å²) in [6.45, 7) is 0.0290. The predicted octanol–water partition coefficient (Wildman–Crippen LogP) is 3.35. The van der Waals surface area contributed by atoms with Gasteiger partial charge in [-0.15, -0.1) is 0 Å². The molecule has 1 heterocycles. The number of halogens is 4. The van der Waals surface area contributed by atoms with E-state index < -0.39 is 12.1 Å². The maximum Gasteiger partial charge on any atom is 0.471 e. The van der Waals surface area contributed by atoms with Gasteiger partial charge < -0.3 is 9.84 Å². The van der Waals surface area contributed by atoms with Crippen LogP contribution in [0.25, 0.3) is 0 Å². The summed E-state index contributed by atoms with van der Waals surface area (Å²) in [4.78, 5) is 3.22. The van der Waals surface area contributed by atoms with Crippen molar-refractivity contribution in [2.75, 3.05) is 5.32 Å². The molecule has 96 valence electrons. The average molecular weight is 278 g/mol. The van der Waals surface area contributed by atoms with Gasteiger partial charge in [-0.2, -0.15) is 18.2 Å². The van der Waals surface area contributed by atoms with Crippen LogP contribution < -0.4 is 5.32 Å². The van der Waals surface area contributed by atoms with Gasteiger partial charge in [-0.1, -0.05) is 16.8 Å². The van der Waals surface area contributed by atoms with Gasteiger partial charge in [0.15, 0.2) is 5.82 Å². The molecular weight excluding hydrogens is 271 g/mol. The molecule has 0 saturated heterocycles. The van der Waals surface area contributed by atoms with E-state index >= 15 is 0 Å². The zero-order valence-electron chi connectivity index (χ0n) is 8.83. The minimum Gasteiger partial charge on any atom is -0.378 e. The zero-order chi connectivity index (χ0) is 13.2. The summed E-state index contributed by atoms with van der Waals surface area (Å²) in [5.74, 6) is -1.42. The largest absolute Gasteiger partial charge is 0.471 e. The smallest absolute Gasteiger partial charge is 0.378 e. The molecule has 0 fully saturated rings. The van der Waals surface area contributed by atoms with Gasteiger partial charge in [-0.05, 0) is 24.3 Å². The first-order chi connectivity index (χ1) is 8.45. The van der Waals surface area contributed by atoms with Gasteiger partial charge in [0.05, 0.1) is 6.54 Å². The molecule has 18 heavy (non-hydrogen) atoms. The zero-order valence-corrected chi connectivity index (χ0v) is 9.59. The first-order valence-corrected chi connectivity index (χ1v) is 5.22. The number of nitrogens with zero attached hydrogens (tertiary/aromatic N) is 2. The van der Waals surface area contributed by atoms with Crippen molar-refractivity contribution in [3.8, 4) is 0 Å². The molecule has 0 radical (unpaired) electrons.